The van der Waals surface area contributed by atoms with Gasteiger partial charge in [-0.15, -0.1) is 0 Å². The second kappa shape index (κ2) is 4.47. The van der Waals surface area contributed by atoms with Gasteiger partial charge in [0, 0.05) is 19.8 Å². The lowest BCUT2D eigenvalue weighted by molar-refractivity contribution is -0.207. The molecule has 18 heavy (non-hydrogen) atoms. The lowest BCUT2D eigenvalue weighted by atomic mass is 9.94. The van der Waals surface area contributed by atoms with E-state index < -0.39 is 11.9 Å². The molecule has 2 N–H and O–H groups in total. The van der Waals surface area contributed by atoms with Crippen molar-refractivity contribution < 1.29 is 19.4 Å². The Labute approximate surface area is 107 Å². The summed E-state index contributed by atoms with van der Waals surface area (Å²) in [5.41, 5.74) is 0. The lowest BCUT2D eigenvalue weighted by Crippen LogP contribution is -2.44. The monoisotopic (exact) mass is 255 g/mol. The summed E-state index contributed by atoms with van der Waals surface area (Å²) in [6.45, 7) is 1.46. The highest BCUT2D eigenvalue weighted by Crippen LogP contribution is 2.45. The Hall–Kier alpha value is -0.650. The molecular formula is C13H21NO4. The number of hydrogen-bond donors (Lipinski definition) is 2. The fourth-order valence-corrected chi connectivity index (χ4v) is 3.52. The van der Waals surface area contributed by atoms with Crippen LogP contribution in [-0.4, -0.2) is 41.2 Å². The van der Waals surface area contributed by atoms with Gasteiger partial charge in [0.15, 0.2) is 5.79 Å². The minimum absolute atomic E-state index is 0.0741. The molecule has 1 amide bonds. The molecule has 0 aromatic rings. The molecule has 3 fully saturated rings. The molecule has 3 rings (SSSR count). The third kappa shape index (κ3) is 2.04. The first-order chi connectivity index (χ1) is 8.60. The van der Waals surface area contributed by atoms with E-state index >= 15 is 0 Å². The van der Waals surface area contributed by atoms with E-state index in [0.717, 1.165) is 25.7 Å². The zero-order valence-electron chi connectivity index (χ0n) is 10.7. The van der Waals surface area contributed by atoms with Gasteiger partial charge in [0.25, 0.3) is 0 Å². The minimum atomic E-state index is -0.653. The van der Waals surface area contributed by atoms with Gasteiger partial charge in [0.05, 0.1) is 12.1 Å². The summed E-state index contributed by atoms with van der Waals surface area (Å²) < 4.78 is 12.1. The third-order valence-corrected chi connectivity index (χ3v) is 4.32. The molecule has 3 aliphatic rings. The predicted molar refractivity (Wildman–Crippen MR) is 63.8 cm³/mol. The molecule has 1 heterocycles. The van der Waals surface area contributed by atoms with E-state index in [1.54, 1.807) is 0 Å². The van der Waals surface area contributed by atoms with Gasteiger partial charge in [-0.1, -0.05) is 6.42 Å². The van der Waals surface area contributed by atoms with Crippen LogP contribution in [0.25, 0.3) is 0 Å². The van der Waals surface area contributed by atoms with Crippen LogP contribution in [0.5, 0.6) is 0 Å². The van der Waals surface area contributed by atoms with Crippen molar-refractivity contribution in [3.8, 4) is 0 Å². The van der Waals surface area contributed by atoms with Gasteiger partial charge in [-0.05, 0) is 19.3 Å². The zero-order chi connectivity index (χ0) is 12.8. The van der Waals surface area contributed by atoms with E-state index in [-0.39, 0.29) is 24.2 Å². The van der Waals surface area contributed by atoms with Crippen LogP contribution in [-0.2, 0) is 14.3 Å². The predicted octanol–water partition coefficient (Wildman–Crippen LogP) is 0.700. The summed E-state index contributed by atoms with van der Waals surface area (Å²) in [5, 5.41) is 13.0. The number of ether oxygens (including phenoxy) is 2. The highest BCUT2D eigenvalue weighted by Gasteiger charge is 2.56. The van der Waals surface area contributed by atoms with Crippen molar-refractivity contribution in [2.24, 2.45) is 0 Å². The minimum Gasteiger partial charge on any atom is -0.388 e. The SMILES string of the molecule is CC(=O)N[C@H]1C[C@H]2OC3(CCCCC3)O[C@H]2[C@H]1O. The number of carbonyl (C=O) groups is 1. The average molecular weight is 255 g/mol. The molecule has 2 aliphatic carbocycles. The topological polar surface area (TPSA) is 67.8 Å². The van der Waals surface area contributed by atoms with Gasteiger partial charge >= 0.3 is 0 Å². The normalized spacial score (nSPS) is 41.9. The van der Waals surface area contributed by atoms with Crippen molar-refractivity contribution >= 4 is 5.91 Å². The maximum Gasteiger partial charge on any atom is 0.217 e. The lowest BCUT2D eigenvalue weighted by Gasteiger charge is -2.33. The average Bonchev–Trinajstić information content (AvgIpc) is 2.78. The van der Waals surface area contributed by atoms with Crippen LogP contribution in [0.1, 0.15) is 45.4 Å². The molecule has 1 saturated heterocycles. The molecule has 5 nitrogen and oxygen atoms in total. The van der Waals surface area contributed by atoms with E-state index in [0.29, 0.717) is 6.42 Å². The van der Waals surface area contributed by atoms with E-state index in [1.165, 1.54) is 13.3 Å². The molecule has 4 atom stereocenters. The summed E-state index contributed by atoms with van der Waals surface area (Å²) in [7, 11) is 0. The van der Waals surface area contributed by atoms with Gasteiger partial charge < -0.3 is 19.9 Å². The Bertz CT molecular complexity index is 340. The van der Waals surface area contributed by atoms with Gasteiger partial charge in [0.1, 0.15) is 12.2 Å². The highest BCUT2D eigenvalue weighted by atomic mass is 16.8. The van der Waals surface area contributed by atoms with Gasteiger partial charge in [0.2, 0.25) is 5.91 Å². The molecule has 0 aromatic carbocycles. The Morgan fingerprint density at radius 1 is 1.28 bits per heavy atom. The number of nitrogens with one attached hydrogen (secondary N) is 1. The number of rotatable bonds is 1. The molecule has 1 aliphatic heterocycles. The Balaban J connectivity index is 1.66. The summed E-state index contributed by atoms with van der Waals surface area (Å²) >= 11 is 0. The van der Waals surface area contributed by atoms with Crippen molar-refractivity contribution in [3.05, 3.63) is 0 Å². The van der Waals surface area contributed by atoms with Crippen molar-refractivity contribution in [1.29, 1.82) is 0 Å². The fourth-order valence-electron chi connectivity index (χ4n) is 3.52. The second-order valence-corrected chi connectivity index (χ2v) is 5.74. The number of fused-ring (bicyclic) bond motifs is 1. The first-order valence-corrected chi connectivity index (χ1v) is 6.90. The number of hydrogen-bond acceptors (Lipinski definition) is 4. The molecule has 0 unspecified atom stereocenters. The van der Waals surface area contributed by atoms with Crippen LogP contribution in [0, 0.1) is 0 Å². The maximum atomic E-state index is 11.1. The molecule has 0 radical (unpaired) electrons. The molecule has 1 spiro atoms. The van der Waals surface area contributed by atoms with Crippen molar-refractivity contribution in [2.75, 3.05) is 0 Å². The fraction of sp³-hybridized carbons (Fsp3) is 0.923. The molecule has 5 heteroatoms. The summed E-state index contributed by atoms with van der Waals surface area (Å²) in [4.78, 5) is 11.1. The van der Waals surface area contributed by atoms with Crippen LogP contribution in [0.4, 0.5) is 0 Å². The van der Waals surface area contributed by atoms with Crippen LogP contribution in [0.3, 0.4) is 0 Å². The molecule has 102 valence electrons. The number of aliphatic hydroxyl groups excluding tert-OH is 1. The van der Waals surface area contributed by atoms with Crippen LogP contribution in [0.2, 0.25) is 0 Å². The van der Waals surface area contributed by atoms with E-state index in [4.69, 9.17) is 9.47 Å². The molecule has 0 aromatic heterocycles. The van der Waals surface area contributed by atoms with Crippen LogP contribution in [0.15, 0.2) is 0 Å². The van der Waals surface area contributed by atoms with E-state index in [2.05, 4.69) is 5.32 Å². The highest BCUT2D eigenvalue weighted by molar-refractivity contribution is 5.73. The van der Waals surface area contributed by atoms with Gasteiger partial charge in [-0.3, -0.25) is 4.79 Å². The Kier molecular flexibility index (Phi) is 3.08. The smallest absolute Gasteiger partial charge is 0.217 e. The quantitative estimate of drug-likeness (QED) is 0.724. The molecule has 2 saturated carbocycles. The molecule has 0 bridgehead atoms. The van der Waals surface area contributed by atoms with E-state index in [9.17, 15) is 9.90 Å². The van der Waals surface area contributed by atoms with Crippen LogP contribution < -0.4 is 5.32 Å². The van der Waals surface area contributed by atoms with Crippen molar-refractivity contribution in [1.82, 2.24) is 5.32 Å². The van der Waals surface area contributed by atoms with Crippen molar-refractivity contribution in [3.63, 3.8) is 0 Å². The van der Waals surface area contributed by atoms with Gasteiger partial charge in [-0.2, -0.15) is 0 Å². The number of carbonyl (C=O) groups excluding carboxylic acids is 1. The van der Waals surface area contributed by atoms with Crippen molar-refractivity contribution in [2.45, 2.75) is 75.6 Å². The van der Waals surface area contributed by atoms with E-state index in [1.807, 2.05) is 0 Å². The first kappa shape index (κ1) is 12.4. The zero-order valence-corrected chi connectivity index (χ0v) is 10.7. The second-order valence-electron chi connectivity index (χ2n) is 5.74. The first-order valence-electron chi connectivity index (χ1n) is 6.90. The van der Waals surface area contributed by atoms with Gasteiger partial charge in [-0.25, -0.2) is 0 Å². The van der Waals surface area contributed by atoms with Crippen LogP contribution >= 0.6 is 0 Å². The largest absolute Gasteiger partial charge is 0.388 e. The summed E-state index contributed by atoms with van der Waals surface area (Å²) in [6, 6.07) is -0.238. The molecular weight excluding hydrogens is 234 g/mol. The standard InChI is InChI=1S/C13H21NO4/c1-8(15)14-9-7-10-12(11(9)16)18-13(17-10)5-3-2-4-6-13/h9-12,16H,2-7H2,1H3,(H,14,15)/t9-,10+,11-,12+/m0/s1. The Morgan fingerprint density at radius 2 is 2.00 bits per heavy atom. The maximum absolute atomic E-state index is 11.1. The third-order valence-electron chi connectivity index (χ3n) is 4.32. The number of amides is 1. The Morgan fingerprint density at radius 3 is 2.61 bits per heavy atom. The summed E-state index contributed by atoms with van der Waals surface area (Å²) in [5.74, 6) is -0.568. The summed E-state index contributed by atoms with van der Waals surface area (Å²) in [6.07, 6.45) is 4.99. The number of aliphatic hydroxyl groups is 1.